The van der Waals surface area contributed by atoms with Crippen LogP contribution in [0.2, 0.25) is 0 Å². The maximum atomic E-state index is 11.7. The summed E-state index contributed by atoms with van der Waals surface area (Å²) in [5.74, 6) is 0. The van der Waals surface area contributed by atoms with Crippen LogP contribution in [0.25, 0.3) is 0 Å². The van der Waals surface area contributed by atoms with Gasteiger partial charge < -0.3 is 0 Å². The molecule has 0 aromatic heterocycles. The Kier molecular flexibility index (Phi) is 2.27. The van der Waals surface area contributed by atoms with Crippen molar-refractivity contribution in [1.29, 1.82) is 0 Å². The molecule has 0 saturated carbocycles. The van der Waals surface area contributed by atoms with E-state index in [0.717, 1.165) is 5.01 Å². The predicted octanol–water partition coefficient (Wildman–Crippen LogP) is 1.46. The van der Waals surface area contributed by atoms with Crippen molar-refractivity contribution in [3.63, 3.8) is 0 Å². The summed E-state index contributed by atoms with van der Waals surface area (Å²) in [5, 5.41) is 3.97. The Morgan fingerprint density at radius 2 is 2.27 bits per heavy atom. The third-order valence-electron chi connectivity index (χ3n) is 1.14. The van der Waals surface area contributed by atoms with Gasteiger partial charge in [-0.05, 0) is 0 Å². The average molecular weight is 187 g/mol. The lowest BCUT2D eigenvalue weighted by Gasteiger charge is -2.15. The average Bonchev–Trinajstić information content (AvgIpc) is 2.10. The topological polar surface area (TPSA) is 15.6 Å². The van der Waals surface area contributed by atoms with Crippen LogP contribution >= 0.6 is 11.6 Å². The van der Waals surface area contributed by atoms with E-state index in [-0.39, 0.29) is 6.54 Å². The van der Waals surface area contributed by atoms with Gasteiger partial charge in [-0.25, -0.2) is 0 Å². The molecule has 1 aliphatic rings. The molecule has 0 fully saturated rings. The molecule has 1 atom stereocenters. The molecule has 0 N–H and O–H groups in total. The molecule has 1 heterocycles. The van der Waals surface area contributed by atoms with Crippen molar-refractivity contribution < 1.29 is 13.2 Å². The van der Waals surface area contributed by atoms with Crippen molar-refractivity contribution in [1.82, 2.24) is 5.01 Å². The van der Waals surface area contributed by atoms with E-state index < -0.39 is 18.1 Å². The maximum Gasteiger partial charge on any atom is 0.407 e. The van der Waals surface area contributed by atoms with Crippen molar-refractivity contribution in [2.45, 2.75) is 11.6 Å². The van der Waals surface area contributed by atoms with E-state index in [0.29, 0.717) is 0 Å². The smallest absolute Gasteiger partial charge is 0.286 e. The molecule has 0 radical (unpaired) electrons. The monoisotopic (exact) mass is 186 g/mol. The fraction of sp³-hybridized carbons (Fsp3) is 0.800. The Balaban J connectivity index is 2.36. The van der Waals surface area contributed by atoms with Crippen LogP contribution in [0.15, 0.2) is 5.10 Å². The predicted molar refractivity (Wildman–Crippen MR) is 35.8 cm³/mol. The Morgan fingerprint density at radius 3 is 2.64 bits per heavy atom. The summed E-state index contributed by atoms with van der Waals surface area (Å²) in [6.07, 6.45) is -2.90. The molecule has 64 valence electrons. The first-order chi connectivity index (χ1) is 4.97. The molecule has 1 rings (SSSR count). The van der Waals surface area contributed by atoms with Crippen LogP contribution in [0.1, 0.15) is 0 Å². The number of rotatable bonds is 1. The number of nitrogens with zero attached hydrogens (tertiary/aromatic N) is 2. The summed E-state index contributed by atoms with van der Waals surface area (Å²) < 4.78 is 35.0. The van der Waals surface area contributed by atoms with Gasteiger partial charge in [0.15, 0.2) is 0 Å². The first-order valence-electron chi connectivity index (χ1n) is 2.97. The lowest BCUT2D eigenvalue weighted by atomic mass is 10.4. The summed E-state index contributed by atoms with van der Waals surface area (Å²) >= 11 is 5.48. The van der Waals surface area contributed by atoms with Gasteiger partial charge in [0.2, 0.25) is 0 Å². The third kappa shape index (κ3) is 2.96. The molecule has 2 nitrogen and oxygen atoms in total. The maximum absolute atomic E-state index is 11.7. The summed E-state index contributed by atoms with van der Waals surface area (Å²) in [6.45, 7) is -0.881. The number of hydrogen-bond donors (Lipinski definition) is 0. The Hall–Kier alpha value is -0.450. The van der Waals surface area contributed by atoms with E-state index in [1.165, 1.54) is 6.21 Å². The van der Waals surface area contributed by atoms with Crippen molar-refractivity contribution in [2.24, 2.45) is 5.10 Å². The minimum atomic E-state index is -4.20. The molecule has 0 saturated heterocycles. The number of alkyl halides is 4. The largest absolute Gasteiger partial charge is 0.407 e. The molecule has 0 aromatic carbocycles. The van der Waals surface area contributed by atoms with Crippen LogP contribution in [-0.2, 0) is 0 Å². The highest BCUT2D eigenvalue weighted by atomic mass is 35.5. The zero-order valence-electron chi connectivity index (χ0n) is 5.48. The number of hydrazone groups is 1. The van der Waals surface area contributed by atoms with Gasteiger partial charge in [0.25, 0.3) is 0 Å². The highest BCUT2D eigenvalue weighted by molar-refractivity contribution is 6.28. The molecule has 1 unspecified atom stereocenters. The Morgan fingerprint density at radius 1 is 1.64 bits per heavy atom. The van der Waals surface area contributed by atoms with Crippen LogP contribution in [0.5, 0.6) is 0 Å². The van der Waals surface area contributed by atoms with Gasteiger partial charge in [-0.15, -0.1) is 11.6 Å². The van der Waals surface area contributed by atoms with Crippen molar-refractivity contribution in [3.05, 3.63) is 0 Å². The van der Waals surface area contributed by atoms with Gasteiger partial charge in [0, 0.05) is 6.21 Å². The molecule has 6 heteroatoms. The number of halogens is 4. The van der Waals surface area contributed by atoms with Gasteiger partial charge in [-0.1, -0.05) is 0 Å². The molecular weight excluding hydrogens is 181 g/mol. The zero-order chi connectivity index (χ0) is 8.48. The van der Waals surface area contributed by atoms with Gasteiger partial charge >= 0.3 is 6.18 Å². The first kappa shape index (κ1) is 8.64. The summed E-state index contributed by atoms with van der Waals surface area (Å²) in [7, 11) is 0. The van der Waals surface area contributed by atoms with Gasteiger partial charge in [0.05, 0.1) is 11.9 Å². The highest BCUT2D eigenvalue weighted by Gasteiger charge is 2.32. The van der Waals surface area contributed by atoms with E-state index in [4.69, 9.17) is 11.6 Å². The minimum Gasteiger partial charge on any atom is -0.286 e. The molecule has 1 aliphatic heterocycles. The van der Waals surface area contributed by atoms with Crippen LogP contribution in [0, 0.1) is 0 Å². The fourth-order valence-corrected chi connectivity index (χ4v) is 0.984. The lowest BCUT2D eigenvalue weighted by Crippen LogP contribution is -2.30. The van der Waals surface area contributed by atoms with Gasteiger partial charge in [-0.2, -0.15) is 18.3 Å². The van der Waals surface area contributed by atoms with Crippen molar-refractivity contribution in [2.75, 3.05) is 13.1 Å². The molecule has 0 bridgehead atoms. The van der Waals surface area contributed by atoms with Crippen LogP contribution in [0.4, 0.5) is 13.2 Å². The second-order valence-corrected chi connectivity index (χ2v) is 2.80. The summed E-state index contributed by atoms with van der Waals surface area (Å²) in [6, 6.07) is 0. The lowest BCUT2D eigenvalue weighted by molar-refractivity contribution is -0.144. The van der Waals surface area contributed by atoms with Crippen LogP contribution in [-0.4, -0.2) is 35.9 Å². The molecular formula is C5H6ClF3N2. The normalized spacial score (nSPS) is 24.7. The van der Waals surface area contributed by atoms with E-state index in [1.807, 2.05) is 0 Å². The fourth-order valence-electron chi connectivity index (χ4n) is 0.775. The molecule has 0 spiro atoms. The molecule has 0 aliphatic carbocycles. The molecule has 0 aromatic rings. The highest BCUT2D eigenvalue weighted by Crippen LogP contribution is 2.18. The second-order valence-electron chi connectivity index (χ2n) is 2.24. The SMILES string of the molecule is FC(F)(F)CN1CC(Cl)C=N1. The summed E-state index contributed by atoms with van der Waals surface area (Å²) in [5.41, 5.74) is 0. The molecule has 11 heavy (non-hydrogen) atoms. The second kappa shape index (κ2) is 2.89. The summed E-state index contributed by atoms with van der Waals surface area (Å²) in [4.78, 5) is 0. The van der Waals surface area contributed by atoms with Crippen molar-refractivity contribution in [3.8, 4) is 0 Å². The first-order valence-corrected chi connectivity index (χ1v) is 3.41. The van der Waals surface area contributed by atoms with E-state index in [2.05, 4.69) is 5.10 Å². The Labute approximate surface area is 66.6 Å². The third-order valence-corrected chi connectivity index (χ3v) is 1.39. The number of hydrogen-bond acceptors (Lipinski definition) is 2. The quantitative estimate of drug-likeness (QED) is 0.566. The van der Waals surface area contributed by atoms with Crippen LogP contribution < -0.4 is 0 Å². The van der Waals surface area contributed by atoms with Gasteiger partial charge in [0.1, 0.15) is 6.54 Å². The molecule has 0 amide bonds. The standard InChI is InChI=1S/C5H6ClF3N2/c6-4-1-10-11(2-4)3-5(7,8)9/h1,4H,2-3H2. The Bertz CT molecular complexity index is 168. The van der Waals surface area contributed by atoms with E-state index in [9.17, 15) is 13.2 Å². The van der Waals surface area contributed by atoms with Gasteiger partial charge in [-0.3, -0.25) is 5.01 Å². The van der Waals surface area contributed by atoms with Crippen LogP contribution in [0.3, 0.4) is 0 Å². The van der Waals surface area contributed by atoms with E-state index in [1.54, 1.807) is 0 Å². The zero-order valence-corrected chi connectivity index (χ0v) is 6.23. The van der Waals surface area contributed by atoms with Crippen molar-refractivity contribution >= 4 is 17.8 Å². The van der Waals surface area contributed by atoms with E-state index >= 15 is 0 Å². The minimum absolute atomic E-state index is 0.140.